The fourth-order valence-corrected chi connectivity index (χ4v) is 10.7. The molecule has 4 aliphatic carbocycles. The Balaban J connectivity index is 1.28. The molecule has 5 rings (SSSR count). The second kappa shape index (κ2) is 10.1. The maximum atomic E-state index is 13.6. The molecular weight excluding hydrogens is 502 g/mol. The number of hydrogen-bond acceptors (Lipinski definition) is 4. The number of thiophene rings is 1. The highest BCUT2D eigenvalue weighted by atomic mass is 35.5. The molecule has 6 unspecified atom stereocenters. The number of nitrogens with one attached hydrogen (secondary N) is 1. The molecule has 1 heterocycles. The van der Waals surface area contributed by atoms with Gasteiger partial charge in [-0.05, 0) is 90.6 Å². The van der Waals surface area contributed by atoms with E-state index in [4.69, 9.17) is 11.6 Å². The highest BCUT2D eigenvalue weighted by molar-refractivity contribution is 7.16. The molecule has 4 nitrogen and oxygen atoms in total. The van der Waals surface area contributed by atoms with E-state index in [-0.39, 0.29) is 46.5 Å². The summed E-state index contributed by atoms with van der Waals surface area (Å²) >= 11 is 7.72. The first-order valence-electron chi connectivity index (χ1n) is 14.5. The van der Waals surface area contributed by atoms with Gasteiger partial charge in [0.25, 0.3) is 0 Å². The summed E-state index contributed by atoms with van der Waals surface area (Å²) in [5.74, 6) is 3.16. The molecular formula is C31H44ClNO3S. The van der Waals surface area contributed by atoms with Crippen molar-refractivity contribution in [3.05, 3.63) is 21.3 Å². The van der Waals surface area contributed by atoms with Crippen LogP contribution in [0.25, 0.3) is 0 Å². The van der Waals surface area contributed by atoms with Crippen LogP contribution < -0.4 is 5.32 Å². The van der Waals surface area contributed by atoms with E-state index in [1.54, 1.807) is 11.3 Å². The van der Waals surface area contributed by atoms with E-state index in [9.17, 15) is 14.4 Å². The number of Topliss-reactive ketones (excluding diaryl/α,β-unsaturated/α-hetero) is 2. The Kier molecular flexibility index (Phi) is 7.46. The Morgan fingerprint density at radius 2 is 1.78 bits per heavy atom. The van der Waals surface area contributed by atoms with E-state index in [0.717, 1.165) is 41.3 Å². The molecule has 0 bridgehead atoms. The molecule has 9 atom stereocenters. The van der Waals surface area contributed by atoms with E-state index in [0.29, 0.717) is 55.0 Å². The van der Waals surface area contributed by atoms with E-state index in [1.165, 1.54) is 0 Å². The topological polar surface area (TPSA) is 63.2 Å². The zero-order chi connectivity index (χ0) is 26.7. The number of hydrogen-bond donors (Lipinski definition) is 1. The van der Waals surface area contributed by atoms with Crippen LogP contribution in [0.15, 0.2) is 12.1 Å². The quantitative estimate of drug-likeness (QED) is 0.399. The summed E-state index contributed by atoms with van der Waals surface area (Å²) in [4.78, 5) is 40.2. The molecule has 1 N–H and O–H groups in total. The lowest BCUT2D eigenvalue weighted by Gasteiger charge is -2.59. The van der Waals surface area contributed by atoms with Crippen molar-refractivity contribution in [1.29, 1.82) is 0 Å². The van der Waals surface area contributed by atoms with Crippen molar-refractivity contribution in [2.24, 2.45) is 52.3 Å². The van der Waals surface area contributed by atoms with Gasteiger partial charge in [0.15, 0.2) is 0 Å². The number of ketones is 2. The van der Waals surface area contributed by atoms with Crippen LogP contribution in [0.5, 0.6) is 0 Å². The second-order valence-corrected chi connectivity index (χ2v) is 15.4. The van der Waals surface area contributed by atoms with Crippen molar-refractivity contribution in [3.63, 3.8) is 0 Å². The largest absolute Gasteiger partial charge is 0.348 e. The molecule has 0 radical (unpaired) electrons. The summed E-state index contributed by atoms with van der Waals surface area (Å²) in [5, 5.41) is 3.31. The van der Waals surface area contributed by atoms with Gasteiger partial charge in [-0.25, -0.2) is 0 Å². The molecule has 1 amide bonds. The predicted molar refractivity (Wildman–Crippen MR) is 149 cm³/mol. The van der Waals surface area contributed by atoms with Crippen molar-refractivity contribution in [1.82, 2.24) is 5.32 Å². The van der Waals surface area contributed by atoms with Gasteiger partial charge in [0.1, 0.15) is 11.6 Å². The molecule has 1 aromatic heterocycles. The predicted octanol–water partition coefficient (Wildman–Crippen LogP) is 7.65. The van der Waals surface area contributed by atoms with Crippen LogP contribution in [0.4, 0.5) is 0 Å². The van der Waals surface area contributed by atoms with Gasteiger partial charge in [-0.15, -0.1) is 11.3 Å². The standard InChI is InChI=1S/C31H44ClNO3S/c1-17(2)29(25-8-9-26(32)37-25)33-27(36)14-18(3)21-6-7-22-28-23(11-13-31(21,22)5)30(4)12-10-20(34)15-19(30)16-24(28)35/h8-9,17-19,21-23,28-29H,6-7,10-16H2,1-5H3,(H,33,36)/t18-,19?,21?,22+,23+,28?,29?,30?,31?/m1/s1. The van der Waals surface area contributed by atoms with Crippen LogP contribution in [-0.2, 0) is 14.4 Å². The average molecular weight is 546 g/mol. The fourth-order valence-electron chi connectivity index (χ4n) is 9.43. The average Bonchev–Trinajstić information content (AvgIpc) is 3.41. The summed E-state index contributed by atoms with van der Waals surface area (Å²) < 4.78 is 0.751. The third-order valence-corrected chi connectivity index (χ3v) is 12.8. The van der Waals surface area contributed by atoms with Crippen LogP contribution >= 0.6 is 22.9 Å². The van der Waals surface area contributed by atoms with E-state index in [1.807, 2.05) is 12.1 Å². The van der Waals surface area contributed by atoms with Gasteiger partial charge in [0.05, 0.1) is 10.4 Å². The lowest BCUT2D eigenvalue weighted by atomic mass is 9.44. The minimum absolute atomic E-state index is 0.0181. The smallest absolute Gasteiger partial charge is 0.220 e. The van der Waals surface area contributed by atoms with Crippen molar-refractivity contribution >= 4 is 40.4 Å². The normalized spacial score (nSPS) is 39.1. The molecule has 4 saturated carbocycles. The zero-order valence-corrected chi connectivity index (χ0v) is 24.7. The molecule has 0 aromatic carbocycles. The maximum Gasteiger partial charge on any atom is 0.220 e. The van der Waals surface area contributed by atoms with Gasteiger partial charge in [0, 0.05) is 36.5 Å². The van der Waals surface area contributed by atoms with Gasteiger partial charge >= 0.3 is 0 Å². The summed E-state index contributed by atoms with van der Waals surface area (Å²) in [6, 6.07) is 3.91. The first-order chi connectivity index (χ1) is 17.4. The Morgan fingerprint density at radius 1 is 1.05 bits per heavy atom. The Hall–Kier alpha value is -1.20. The second-order valence-electron chi connectivity index (χ2n) is 13.7. The van der Waals surface area contributed by atoms with Crippen molar-refractivity contribution in [3.8, 4) is 0 Å². The first-order valence-corrected chi connectivity index (χ1v) is 15.7. The Labute approximate surface area is 231 Å². The third-order valence-electron chi connectivity index (χ3n) is 11.4. The molecule has 1 aromatic rings. The number of carbonyl (C=O) groups excluding carboxylic acids is 3. The first kappa shape index (κ1) is 27.4. The lowest BCUT2D eigenvalue weighted by molar-refractivity contribution is -0.159. The third kappa shape index (κ3) is 4.75. The SMILES string of the molecule is CC(C)C(NC(=O)C[C@@H](C)C1CC[C@H]2C3C(=O)CC4CC(=O)CCC4(C)[C@H]3CCC12C)c1ccc(Cl)s1. The minimum atomic E-state index is -0.0181. The summed E-state index contributed by atoms with van der Waals surface area (Å²) in [7, 11) is 0. The van der Waals surface area contributed by atoms with Gasteiger partial charge in [-0.3, -0.25) is 14.4 Å². The molecule has 4 fully saturated rings. The van der Waals surface area contributed by atoms with Gasteiger partial charge in [0.2, 0.25) is 5.91 Å². The molecule has 0 saturated heterocycles. The van der Waals surface area contributed by atoms with Crippen LogP contribution in [0.2, 0.25) is 4.34 Å². The van der Waals surface area contributed by atoms with E-state index < -0.39 is 0 Å². The Morgan fingerprint density at radius 3 is 2.46 bits per heavy atom. The zero-order valence-electron chi connectivity index (χ0n) is 23.1. The van der Waals surface area contributed by atoms with E-state index in [2.05, 4.69) is 39.9 Å². The molecule has 6 heteroatoms. The van der Waals surface area contributed by atoms with Crippen LogP contribution in [0, 0.1) is 52.3 Å². The monoisotopic (exact) mass is 545 g/mol. The molecule has 37 heavy (non-hydrogen) atoms. The fraction of sp³-hybridized carbons (Fsp3) is 0.774. The number of halogens is 1. The molecule has 4 aliphatic rings. The van der Waals surface area contributed by atoms with E-state index >= 15 is 0 Å². The van der Waals surface area contributed by atoms with Crippen molar-refractivity contribution < 1.29 is 14.4 Å². The summed E-state index contributed by atoms with van der Waals surface area (Å²) in [6.45, 7) is 11.3. The molecule has 204 valence electrons. The molecule has 0 aliphatic heterocycles. The van der Waals surface area contributed by atoms with Crippen LogP contribution in [0.1, 0.15) is 103 Å². The number of carbonyl (C=O) groups is 3. The molecule has 0 spiro atoms. The van der Waals surface area contributed by atoms with Gasteiger partial charge in [-0.1, -0.05) is 46.2 Å². The van der Waals surface area contributed by atoms with Crippen molar-refractivity contribution in [2.45, 2.75) is 98.4 Å². The maximum absolute atomic E-state index is 13.6. The van der Waals surface area contributed by atoms with Gasteiger partial charge in [-0.2, -0.15) is 0 Å². The Bertz CT molecular complexity index is 1070. The highest BCUT2D eigenvalue weighted by Crippen LogP contribution is 2.67. The van der Waals surface area contributed by atoms with Crippen LogP contribution in [-0.4, -0.2) is 17.5 Å². The number of amides is 1. The number of rotatable bonds is 6. The highest BCUT2D eigenvalue weighted by Gasteiger charge is 2.63. The summed E-state index contributed by atoms with van der Waals surface area (Å²) in [5.41, 5.74) is 0.247. The van der Waals surface area contributed by atoms with Gasteiger partial charge < -0.3 is 5.32 Å². The van der Waals surface area contributed by atoms with Crippen LogP contribution in [0.3, 0.4) is 0 Å². The lowest BCUT2D eigenvalue weighted by Crippen LogP contribution is -2.57. The van der Waals surface area contributed by atoms with Crippen molar-refractivity contribution in [2.75, 3.05) is 0 Å². The summed E-state index contributed by atoms with van der Waals surface area (Å²) in [6.07, 6.45) is 7.83. The number of fused-ring (bicyclic) bond motifs is 5. The minimum Gasteiger partial charge on any atom is -0.348 e.